The van der Waals surface area contributed by atoms with Gasteiger partial charge in [-0.2, -0.15) is 4.98 Å². The normalized spacial score (nSPS) is 17.3. The van der Waals surface area contributed by atoms with E-state index in [0.29, 0.717) is 35.1 Å². The molecular weight excluding hydrogens is 332 g/mol. The van der Waals surface area contributed by atoms with Gasteiger partial charge in [-0.1, -0.05) is 6.07 Å². The molecule has 7 nitrogen and oxygen atoms in total. The number of nitrogens with one attached hydrogen (secondary N) is 1. The Balaban J connectivity index is 1.45. The van der Waals surface area contributed by atoms with E-state index in [9.17, 15) is 4.79 Å². The van der Waals surface area contributed by atoms with Gasteiger partial charge in [-0.3, -0.25) is 4.79 Å². The highest BCUT2D eigenvalue weighted by Crippen LogP contribution is 2.23. The Hall–Kier alpha value is -3.09. The van der Waals surface area contributed by atoms with Crippen molar-refractivity contribution >= 4 is 23.2 Å². The average molecular weight is 352 g/mol. The van der Waals surface area contributed by atoms with Crippen LogP contribution in [0.15, 0.2) is 47.0 Å². The van der Waals surface area contributed by atoms with Gasteiger partial charge in [0.15, 0.2) is 5.58 Å². The molecule has 1 aliphatic heterocycles. The van der Waals surface area contributed by atoms with Gasteiger partial charge in [0.1, 0.15) is 5.75 Å². The van der Waals surface area contributed by atoms with E-state index in [2.05, 4.69) is 20.2 Å². The van der Waals surface area contributed by atoms with Crippen LogP contribution in [-0.4, -0.2) is 42.1 Å². The number of hydrogen-bond donors (Lipinski definition) is 1. The van der Waals surface area contributed by atoms with Crippen molar-refractivity contribution in [2.75, 3.05) is 25.1 Å². The Morgan fingerprint density at radius 2 is 2.27 bits per heavy atom. The van der Waals surface area contributed by atoms with Gasteiger partial charge in [0.2, 0.25) is 5.65 Å². The average Bonchev–Trinajstić information content (AvgIpc) is 3.12. The molecule has 3 aromatic rings. The lowest BCUT2D eigenvalue weighted by molar-refractivity contribution is 0.0932. The predicted octanol–water partition coefficient (Wildman–Crippen LogP) is 2.63. The number of ether oxygens (including phenoxy) is 1. The minimum atomic E-state index is -0.102. The van der Waals surface area contributed by atoms with Crippen LogP contribution in [0.25, 0.3) is 11.2 Å². The van der Waals surface area contributed by atoms with Gasteiger partial charge in [-0.15, -0.1) is 0 Å². The molecule has 2 aromatic heterocycles. The molecule has 1 unspecified atom stereocenters. The number of rotatable bonds is 4. The van der Waals surface area contributed by atoms with Gasteiger partial charge < -0.3 is 19.4 Å². The number of aromatic nitrogens is 2. The summed E-state index contributed by atoms with van der Waals surface area (Å²) >= 11 is 0. The number of nitrogens with zero attached hydrogens (tertiary/aromatic N) is 3. The molecule has 1 saturated heterocycles. The molecule has 1 N–H and O–H groups in total. The highest BCUT2D eigenvalue weighted by Gasteiger charge is 2.25. The van der Waals surface area contributed by atoms with Gasteiger partial charge in [0, 0.05) is 30.9 Å². The Labute approximate surface area is 151 Å². The number of anilines is 1. The quantitative estimate of drug-likeness (QED) is 0.777. The van der Waals surface area contributed by atoms with Gasteiger partial charge >= 0.3 is 0 Å². The molecule has 3 heterocycles. The Morgan fingerprint density at radius 3 is 3.12 bits per heavy atom. The second-order valence-corrected chi connectivity index (χ2v) is 6.31. The molecule has 1 fully saturated rings. The van der Waals surface area contributed by atoms with Crippen LogP contribution in [0, 0.1) is 0 Å². The van der Waals surface area contributed by atoms with Gasteiger partial charge in [-0.25, -0.2) is 4.98 Å². The van der Waals surface area contributed by atoms with Crippen LogP contribution in [-0.2, 0) is 0 Å². The fourth-order valence-corrected chi connectivity index (χ4v) is 3.19. The summed E-state index contributed by atoms with van der Waals surface area (Å²) in [6.07, 6.45) is 3.57. The summed E-state index contributed by atoms with van der Waals surface area (Å²) in [5.74, 6) is 0.567. The van der Waals surface area contributed by atoms with Gasteiger partial charge in [0.05, 0.1) is 7.11 Å². The Morgan fingerprint density at radius 1 is 1.35 bits per heavy atom. The zero-order chi connectivity index (χ0) is 17.9. The van der Waals surface area contributed by atoms with E-state index in [-0.39, 0.29) is 11.9 Å². The van der Waals surface area contributed by atoms with Crippen molar-refractivity contribution in [2.45, 2.75) is 18.9 Å². The van der Waals surface area contributed by atoms with Crippen molar-refractivity contribution in [1.29, 1.82) is 0 Å². The molecule has 0 saturated carbocycles. The van der Waals surface area contributed by atoms with Crippen LogP contribution >= 0.6 is 0 Å². The number of benzene rings is 1. The first kappa shape index (κ1) is 16.4. The molecule has 4 rings (SSSR count). The summed E-state index contributed by atoms with van der Waals surface area (Å²) in [6, 6.07) is 11.4. The number of oxazole rings is 1. The maximum absolute atomic E-state index is 12.5. The number of pyridine rings is 1. The van der Waals surface area contributed by atoms with E-state index in [1.54, 1.807) is 25.4 Å². The van der Waals surface area contributed by atoms with E-state index in [1.165, 1.54) is 0 Å². The minimum absolute atomic E-state index is 0.0328. The SMILES string of the molecule is COc1cccc(C(=O)NC2CCCN(c3nc4ncccc4o3)C2)c1. The summed E-state index contributed by atoms with van der Waals surface area (Å²) in [7, 11) is 1.59. The van der Waals surface area contributed by atoms with Crippen LogP contribution in [0.5, 0.6) is 5.75 Å². The van der Waals surface area contributed by atoms with E-state index in [0.717, 1.165) is 19.4 Å². The lowest BCUT2D eigenvalue weighted by Crippen LogP contribution is -2.48. The van der Waals surface area contributed by atoms with Crippen molar-refractivity contribution < 1.29 is 13.9 Å². The minimum Gasteiger partial charge on any atom is -0.497 e. The smallest absolute Gasteiger partial charge is 0.300 e. The molecule has 26 heavy (non-hydrogen) atoms. The van der Waals surface area contributed by atoms with Crippen LogP contribution in [0.2, 0.25) is 0 Å². The lowest BCUT2D eigenvalue weighted by atomic mass is 10.1. The zero-order valence-electron chi connectivity index (χ0n) is 14.5. The number of piperidine rings is 1. The molecule has 1 amide bonds. The van der Waals surface area contributed by atoms with Crippen molar-refractivity contribution in [2.24, 2.45) is 0 Å². The molecule has 134 valence electrons. The first-order valence-electron chi connectivity index (χ1n) is 8.64. The fourth-order valence-electron chi connectivity index (χ4n) is 3.19. The maximum atomic E-state index is 12.5. The van der Waals surface area contributed by atoms with Crippen molar-refractivity contribution in [3.8, 4) is 5.75 Å². The first-order valence-corrected chi connectivity index (χ1v) is 8.64. The van der Waals surface area contributed by atoms with Crippen molar-refractivity contribution in [3.63, 3.8) is 0 Å². The number of methoxy groups -OCH3 is 1. The third kappa shape index (κ3) is 3.33. The molecule has 0 spiro atoms. The van der Waals surface area contributed by atoms with E-state index >= 15 is 0 Å². The molecule has 1 atom stereocenters. The maximum Gasteiger partial charge on any atom is 0.300 e. The monoisotopic (exact) mass is 352 g/mol. The zero-order valence-corrected chi connectivity index (χ0v) is 14.5. The number of hydrogen-bond acceptors (Lipinski definition) is 6. The van der Waals surface area contributed by atoms with E-state index in [4.69, 9.17) is 9.15 Å². The van der Waals surface area contributed by atoms with Crippen LogP contribution in [0.3, 0.4) is 0 Å². The highest BCUT2D eigenvalue weighted by atomic mass is 16.5. The number of carbonyl (C=O) groups is 1. The van der Waals surface area contributed by atoms with Crippen LogP contribution < -0.4 is 15.0 Å². The second kappa shape index (κ2) is 7.03. The standard InChI is InChI=1S/C19H20N4O3/c1-25-15-7-2-5-13(11-15)18(24)21-14-6-4-10-23(12-14)19-22-17-16(26-19)8-3-9-20-17/h2-3,5,7-9,11,14H,4,6,10,12H2,1H3,(H,21,24). The van der Waals surface area contributed by atoms with Gasteiger partial charge in [-0.05, 0) is 43.2 Å². The van der Waals surface area contributed by atoms with E-state index in [1.807, 2.05) is 24.3 Å². The summed E-state index contributed by atoms with van der Waals surface area (Å²) in [5, 5.41) is 3.10. The molecule has 1 aromatic carbocycles. The molecule has 0 aliphatic carbocycles. The van der Waals surface area contributed by atoms with Gasteiger partial charge in [0.25, 0.3) is 11.9 Å². The molecule has 0 radical (unpaired) electrons. The Bertz CT molecular complexity index is 891. The summed E-state index contributed by atoms with van der Waals surface area (Å²) in [6.45, 7) is 1.50. The van der Waals surface area contributed by atoms with Crippen LogP contribution in [0.1, 0.15) is 23.2 Å². The summed E-state index contributed by atoms with van der Waals surface area (Å²) < 4.78 is 11.0. The van der Waals surface area contributed by atoms with Crippen molar-refractivity contribution in [1.82, 2.24) is 15.3 Å². The van der Waals surface area contributed by atoms with Crippen LogP contribution in [0.4, 0.5) is 6.01 Å². The predicted molar refractivity (Wildman–Crippen MR) is 97.5 cm³/mol. The third-order valence-corrected chi connectivity index (χ3v) is 4.51. The molecule has 7 heteroatoms. The number of fused-ring (bicyclic) bond motifs is 1. The summed E-state index contributed by atoms with van der Waals surface area (Å²) in [5.41, 5.74) is 1.86. The largest absolute Gasteiger partial charge is 0.497 e. The topological polar surface area (TPSA) is 80.5 Å². The third-order valence-electron chi connectivity index (χ3n) is 4.51. The fraction of sp³-hybridized carbons (Fsp3) is 0.316. The highest BCUT2D eigenvalue weighted by molar-refractivity contribution is 5.94. The molecular formula is C19H20N4O3. The molecule has 0 bridgehead atoms. The number of carbonyl (C=O) groups excluding carboxylic acids is 1. The summed E-state index contributed by atoms with van der Waals surface area (Å²) in [4.78, 5) is 23.2. The van der Waals surface area contributed by atoms with Crippen molar-refractivity contribution in [3.05, 3.63) is 48.2 Å². The number of amides is 1. The first-order chi connectivity index (χ1) is 12.7. The Kier molecular flexibility index (Phi) is 4.43. The molecule has 1 aliphatic rings. The van der Waals surface area contributed by atoms with E-state index < -0.39 is 0 Å². The second-order valence-electron chi connectivity index (χ2n) is 6.31. The lowest BCUT2D eigenvalue weighted by Gasteiger charge is -2.32.